The van der Waals surface area contributed by atoms with Gasteiger partial charge in [-0.3, -0.25) is 0 Å². The molecule has 7 rings (SSSR count). The molecule has 2 aromatic heterocycles. The molecular weight excluding hydrogens is 576 g/mol. The minimum Gasteiger partial charge on any atom is -0.402 e. The molecule has 0 saturated heterocycles. The molecule has 0 amide bonds. The number of halogens is 1. The zero-order valence-electron chi connectivity index (χ0n) is 24.2. The number of nitrogens with one attached hydrogen (secondary N) is 1. The van der Waals surface area contributed by atoms with Gasteiger partial charge in [0.25, 0.3) is 0 Å². The van der Waals surface area contributed by atoms with Gasteiger partial charge in [0.1, 0.15) is 0 Å². The van der Waals surface area contributed by atoms with Gasteiger partial charge in [0.2, 0.25) is 5.88 Å². The summed E-state index contributed by atoms with van der Waals surface area (Å²) in [5.41, 5.74) is 5.20. The molecule has 0 radical (unpaired) electrons. The van der Waals surface area contributed by atoms with Crippen molar-refractivity contribution in [2.24, 2.45) is 0 Å². The number of carbonyl (C=O) groups excluding carboxylic acids is 2. The molecule has 0 saturated carbocycles. The highest BCUT2D eigenvalue weighted by Crippen LogP contribution is 2.42. The zero-order valence-corrected chi connectivity index (χ0v) is 25.0. The molecule has 222 valence electrons. The van der Waals surface area contributed by atoms with Crippen molar-refractivity contribution in [3.63, 3.8) is 0 Å². The second-order valence-electron chi connectivity index (χ2n) is 11.3. The third-order valence-electron chi connectivity index (χ3n) is 8.31. The van der Waals surface area contributed by atoms with E-state index in [0.29, 0.717) is 10.5 Å². The lowest BCUT2D eigenvalue weighted by atomic mass is 9.87. The van der Waals surface area contributed by atoms with E-state index in [1.807, 2.05) is 23.1 Å². The van der Waals surface area contributed by atoms with Crippen LogP contribution in [0.15, 0.2) is 91.4 Å². The maximum atomic E-state index is 13.3. The van der Waals surface area contributed by atoms with E-state index in [0.717, 1.165) is 54.3 Å². The number of hydrogen-bond donors (Lipinski definition) is 1. The molecule has 8 nitrogen and oxygen atoms in total. The minimum atomic E-state index is -0.631. The van der Waals surface area contributed by atoms with E-state index in [-0.39, 0.29) is 29.0 Å². The number of benzene rings is 3. The second kappa shape index (κ2) is 11.7. The number of fused-ring (bicyclic) bond motifs is 4. The number of esters is 1. The van der Waals surface area contributed by atoms with Crippen molar-refractivity contribution in [2.75, 3.05) is 0 Å². The first-order chi connectivity index (χ1) is 21.5. The molecule has 0 aliphatic carbocycles. The Morgan fingerprint density at radius 3 is 2.66 bits per heavy atom. The van der Waals surface area contributed by atoms with Gasteiger partial charge in [-0.25, -0.2) is 14.3 Å². The minimum absolute atomic E-state index is 0.122. The molecule has 5 aromatic rings. The number of rotatable bonds is 7. The Morgan fingerprint density at radius 1 is 0.977 bits per heavy atom. The Balaban J connectivity index is 1.15. The van der Waals surface area contributed by atoms with Crippen molar-refractivity contribution in [1.82, 2.24) is 19.8 Å². The number of aryl methyl sites for hydroxylation is 2. The van der Waals surface area contributed by atoms with Gasteiger partial charge in [0.05, 0.1) is 28.5 Å². The standard InChI is InChI=1S/C35H31ClN4O4/c1-2-6-22-7-5-8-27(17-22)39-21-23(20-38-39)11-13-26-18-24(15-16-37-26)32-30-19-25(36)12-14-31(30)40-33(32)43-34(41)28-9-3-4-10-29(28)35(42)44-40/h3-5,7-10,12,14-17,19-21,24,26,37H,2,6,11,13,18H2,1H3. The Morgan fingerprint density at radius 2 is 1.82 bits per heavy atom. The lowest BCUT2D eigenvalue weighted by Crippen LogP contribution is -2.31. The van der Waals surface area contributed by atoms with Crippen LogP contribution in [0.25, 0.3) is 16.6 Å². The van der Waals surface area contributed by atoms with Crippen molar-refractivity contribution in [2.45, 2.75) is 51.0 Å². The predicted octanol–water partition coefficient (Wildman–Crippen LogP) is 6.83. The highest BCUT2D eigenvalue weighted by molar-refractivity contribution is 6.31. The molecule has 1 N–H and O–H groups in total. The Labute approximate surface area is 259 Å². The van der Waals surface area contributed by atoms with Crippen LogP contribution in [-0.2, 0) is 12.8 Å². The van der Waals surface area contributed by atoms with Gasteiger partial charge in [-0.1, -0.05) is 55.3 Å². The van der Waals surface area contributed by atoms with Gasteiger partial charge in [-0.2, -0.15) is 5.10 Å². The molecule has 4 heterocycles. The molecule has 0 bridgehead atoms. The van der Waals surface area contributed by atoms with Crippen LogP contribution in [0.4, 0.5) is 0 Å². The summed E-state index contributed by atoms with van der Waals surface area (Å²) >= 11 is 6.44. The summed E-state index contributed by atoms with van der Waals surface area (Å²) in [7, 11) is 0. The van der Waals surface area contributed by atoms with Gasteiger partial charge < -0.3 is 14.9 Å². The number of carbonyl (C=O) groups is 2. The first kappa shape index (κ1) is 28.0. The van der Waals surface area contributed by atoms with Crippen LogP contribution in [-0.4, -0.2) is 32.5 Å². The van der Waals surface area contributed by atoms with E-state index < -0.39 is 11.9 Å². The maximum Gasteiger partial charge on any atom is 0.364 e. The fourth-order valence-electron chi connectivity index (χ4n) is 6.19. The SMILES string of the molecule is CCCc1cccc(-n2cc(CCC3CC(c4c5n(c6ccc(Cl)cc46)OC(=O)c4ccccc4C(=O)O5)C=CN3)cn2)c1. The first-order valence-corrected chi connectivity index (χ1v) is 15.3. The summed E-state index contributed by atoms with van der Waals surface area (Å²) in [4.78, 5) is 32.3. The number of hydrogen-bond acceptors (Lipinski definition) is 6. The van der Waals surface area contributed by atoms with E-state index in [1.165, 1.54) is 10.3 Å². The van der Waals surface area contributed by atoms with Gasteiger partial charge in [-0.05, 0) is 85.5 Å². The smallest absolute Gasteiger partial charge is 0.364 e. The fraction of sp³-hybridized carbons (Fsp3) is 0.229. The summed E-state index contributed by atoms with van der Waals surface area (Å²) in [5, 5.41) is 9.42. The quantitative estimate of drug-likeness (QED) is 0.204. The van der Waals surface area contributed by atoms with Gasteiger partial charge >= 0.3 is 11.9 Å². The van der Waals surface area contributed by atoms with E-state index in [1.54, 1.807) is 36.4 Å². The van der Waals surface area contributed by atoms with Crippen LogP contribution >= 0.6 is 11.6 Å². The molecule has 9 heteroatoms. The summed E-state index contributed by atoms with van der Waals surface area (Å²) in [6, 6.07) is 20.5. The molecule has 44 heavy (non-hydrogen) atoms. The van der Waals surface area contributed by atoms with Crippen molar-refractivity contribution in [1.29, 1.82) is 0 Å². The molecule has 2 unspecified atom stereocenters. The van der Waals surface area contributed by atoms with Crippen LogP contribution < -0.4 is 14.9 Å². The first-order valence-electron chi connectivity index (χ1n) is 14.9. The predicted molar refractivity (Wildman–Crippen MR) is 169 cm³/mol. The van der Waals surface area contributed by atoms with Crippen molar-refractivity contribution in [3.8, 4) is 11.6 Å². The van der Waals surface area contributed by atoms with Crippen LogP contribution in [0.2, 0.25) is 5.02 Å². The third-order valence-corrected chi connectivity index (χ3v) is 8.55. The number of nitrogens with zero attached hydrogens (tertiary/aromatic N) is 3. The summed E-state index contributed by atoms with van der Waals surface area (Å²) in [5.74, 6) is -1.17. The van der Waals surface area contributed by atoms with Gasteiger partial charge in [-0.15, -0.1) is 4.73 Å². The number of ether oxygens (including phenoxy) is 1. The van der Waals surface area contributed by atoms with E-state index in [2.05, 4.69) is 53.9 Å². The highest BCUT2D eigenvalue weighted by Gasteiger charge is 2.34. The number of allylic oxidation sites excluding steroid dienone is 1. The van der Waals surface area contributed by atoms with Crippen LogP contribution in [0.3, 0.4) is 0 Å². The van der Waals surface area contributed by atoms with Crippen molar-refractivity contribution < 1.29 is 19.2 Å². The molecule has 2 aliphatic rings. The van der Waals surface area contributed by atoms with Gasteiger partial charge in [0, 0.05) is 34.1 Å². The second-order valence-corrected chi connectivity index (χ2v) is 11.7. The largest absolute Gasteiger partial charge is 0.402 e. The van der Waals surface area contributed by atoms with Crippen LogP contribution in [0.1, 0.15) is 69.5 Å². The number of aromatic nitrogens is 3. The Kier molecular flexibility index (Phi) is 7.44. The fourth-order valence-corrected chi connectivity index (χ4v) is 6.36. The molecular formula is C35H31ClN4O4. The molecule has 2 aliphatic heterocycles. The molecule has 3 aromatic carbocycles. The van der Waals surface area contributed by atoms with Crippen molar-refractivity contribution in [3.05, 3.63) is 124 Å². The Bertz CT molecular complexity index is 1920. The topological polar surface area (TPSA) is 87.4 Å². The monoisotopic (exact) mass is 606 g/mol. The summed E-state index contributed by atoms with van der Waals surface area (Å²) < 4.78 is 9.26. The zero-order chi connectivity index (χ0) is 30.2. The average molecular weight is 607 g/mol. The van der Waals surface area contributed by atoms with Crippen LogP contribution in [0.5, 0.6) is 5.88 Å². The summed E-state index contributed by atoms with van der Waals surface area (Å²) in [6.45, 7) is 2.18. The van der Waals surface area contributed by atoms with Crippen LogP contribution in [0, 0.1) is 0 Å². The van der Waals surface area contributed by atoms with Crippen molar-refractivity contribution >= 4 is 34.4 Å². The molecule has 0 fully saturated rings. The lowest BCUT2D eigenvalue weighted by Gasteiger charge is -2.27. The molecule has 2 atom stereocenters. The maximum absolute atomic E-state index is 13.3. The van der Waals surface area contributed by atoms with E-state index in [9.17, 15) is 9.59 Å². The highest BCUT2D eigenvalue weighted by atomic mass is 35.5. The Hall–Kier alpha value is -4.82. The summed E-state index contributed by atoms with van der Waals surface area (Å²) in [6.07, 6.45) is 12.6. The third kappa shape index (κ3) is 5.26. The van der Waals surface area contributed by atoms with Gasteiger partial charge in [0.15, 0.2) is 0 Å². The van der Waals surface area contributed by atoms with E-state index >= 15 is 0 Å². The molecule has 0 spiro atoms. The normalized spacial score (nSPS) is 17.7. The lowest BCUT2D eigenvalue weighted by molar-refractivity contribution is 0.0380. The average Bonchev–Trinajstić information content (AvgIpc) is 3.62. The van der Waals surface area contributed by atoms with E-state index in [4.69, 9.17) is 21.2 Å².